The second kappa shape index (κ2) is 7.62. The van der Waals surface area contributed by atoms with Gasteiger partial charge < -0.3 is 15.0 Å². The molecule has 1 aliphatic heterocycles. The first-order valence-electron chi connectivity index (χ1n) is 7.90. The lowest BCUT2D eigenvalue weighted by Gasteiger charge is -2.28. The fourth-order valence-corrected chi connectivity index (χ4v) is 2.89. The topological polar surface area (TPSA) is 41.6 Å². The number of nitrogens with zero attached hydrogens (tertiary/aromatic N) is 1. The summed E-state index contributed by atoms with van der Waals surface area (Å²) >= 11 is 3.15. The molecular weight excluding hydrogens is 363 g/mol. The molecule has 1 aliphatic rings. The monoisotopic (exact) mass is 386 g/mol. The molecule has 0 aromatic heterocycles. The van der Waals surface area contributed by atoms with E-state index in [4.69, 9.17) is 4.74 Å². The zero-order valence-electron chi connectivity index (χ0n) is 13.9. The van der Waals surface area contributed by atoms with Crippen LogP contribution in [0, 0.1) is 5.82 Å². The van der Waals surface area contributed by atoms with Crippen LogP contribution >= 0.6 is 15.9 Å². The molecule has 1 amide bonds. The van der Waals surface area contributed by atoms with Gasteiger partial charge in [0.15, 0.2) is 0 Å². The van der Waals surface area contributed by atoms with Crippen molar-refractivity contribution in [2.24, 2.45) is 0 Å². The Bertz CT molecular complexity index is 560. The van der Waals surface area contributed by atoms with E-state index in [0.717, 1.165) is 24.9 Å². The molecule has 1 unspecified atom stereocenters. The van der Waals surface area contributed by atoms with Crippen molar-refractivity contribution in [2.45, 2.75) is 51.8 Å². The third-order valence-corrected chi connectivity index (χ3v) is 4.34. The van der Waals surface area contributed by atoms with Crippen molar-refractivity contribution < 1.29 is 13.9 Å². The zero-order valence-corrected chi connectivity index (χ0v) is 15.5. The maximum absolute atomic E-state index is 13.5. The predicted molar refractivity (Wildman–Crippen MR) is 91.8 cm³/mol. The van der Waals surface area contributed by atoms with Gasteiger partial charge in [-0.3, -0.25) is 0 Å². The Balaban J connectivity index is 1.84. The molecule has 1 fully saturated rings. The molecular formula is C17H24BrFN2O2. The van der Waals surface area contributed by atoms with Crippen LogP contribution in [0.15, 0.2) is 22.7 Å². The molecule has 0 aliphatic carbocycles. The van der Waals surface area contributed by atoms with Gasteiger partial charge in [0, 0.05) is 25.7 Å². The Labute approximate surface area is 145 Å². The fourth-order valence-electron chi connectivity index (χ4n) is 2.64. The molecule has 128 valence electrons. The van der Waals surface area contributed by atoms with Gasteiger partial charge >= 0.3 is 6.09 Å². The van der Waals surface area contributed by atoms with E-state index in [1.807, 2.05) is 26.8 Å². The summed E-state index contributed by atoms with van der Waals surface area (Å²) in [6, 6.07) is 5.22. The smallest absolute Gasteiger partial charge is 0.410 e. The van der Waals surface area contributed by atoms with Gasteiger partial charge in [0.2, 0.25) is 0 Å². The third-order valence-electron chi connectivity index (χ3n) is 3.70. The van der Waals surface area contributed by atoms with Gasteiger partial charge in [0.25, 0.3) is 0 Å². The fraction of sp³-hybridized carbons (Fsp3) is 0.588. The summed E-state index contributed by atoms with van der Waals surface area (Å²) in [6.45, 7) is 7.59. The van der Waals surface area contributed by atoms with Crippen LogP contribution in [-0.2, 0) is 11.3 Å². The van der Waals surface area contributed by atoms with Crippen LogP contribution in [0.1, 0.15) is 39.2 Å². The lowest BCUT2D eigenvalue weighted by Crippen LogP contribution is -2.44. The summed E-state index contributed by atoms with van der Waals surface area (Å²) in [4.78, 5) is 14.0. The Morgan fingerprint density at radius 3 is 2.87 bits per heavy atom. The van der Waals surface area contributed by atoms with E-state index in [-0.39, 0.29) is 18.0 Å². The maximum Gasteiger partial charge on any atom is 0.410 e. The Kier molecular flexibility index (Phi) is 6.03. The highest BCUT2D eigenvalue weighted by Crippen LogP contribution is 2.21. The van der Waals surface area contributed by atoms with Crippen LogP contribution in [0.3, 0.4) is 0 Å². The minimum absolute atomic E-state index is 0.130. The van der Waals surface area contributed by atoms with Gasteiger partial charge in [-0.25, -0.2) is 9.18 Å². The highest BCUT2D eigenvalue weighted by molar-refractivity contribution is 9.10. The van der Waals surface area contributed by atoms with Crippen LogP contribution in [0.25, 0.3) is 0 Å². The van der Waals surface area contributed by atoms with Crippen molar-refractivity contribution in [3.05, 3.63) is 34.1 Å². The van der Waals surface area contributed by atoms with E-state index in [1.165, 1.54) is 6.07 Å². The molecule has 0 radical (unpaired) electrons. The van der Waals surface area contributed by atoms with E-state index in [2.05, 4.69) is 21.2 Å². The summed E-state index contributed by atoms with van der Waals surface area (Å²) in [5.41, 5.74) is 0.402. The molecule has 1 aromatic carbocycles. The normalized spacial score (nSPS) is 18.3. The summed E-state index contributed by atoms with van der Waals surface area (Å²) in [5, 5.41) is 3.31. The first-order chi connectivity index (χ1) is 10.8. The van der Waals surface area contributed by atoms with Crippen molar-refractivity contribution >= 4 is 22.0 Å². The molecule has 1 heterocycles. The quantitative estimate of drug-likeness (QED) is 0.847. The lowest BCUT2D eigenvalue weighted by atomic mass is 10.2. The Morgan fingerprint density at radius 2 is 2.22 bits per heavy atom. The molecule has 23 heavy (non-hydrogen) atoms. The first kappa shape index (κ1) is 18.2. The summed E-state index contributed by atoms with van der Waals surface area (Å²) in [6.07, 6.45) is 1.69. The van der Waals surface area contributed by atoms with Crippen molar-refractivity contribution in [1.82, 2.24) is 10.2 Å². The number of halogens is 2. The van der Waals surface area contributed by atoms with E-state index >= 15 is 0 Å². The minimum Gasteiger partial charge on any atom is -0.444 e. The number of likely N-dealkylation sites (tertiary alicyclic amines) is 1. The minimum atomic E-state index is -0.480. The number of ether oxygens (including phenoxy) is 1. The summed E-state index contributed by atoms with van der Waals surface area (Å²) in [7, 11) is 0. The van der Waals surface area contributed by atoms with Crippen molar-refractivity contribution in [2.75, 3.05) is 13.1 Å². The number of amides is 1. The van der Waals surface area contributed by atoms with Crippen molar-refractivity contribution in [3.63, 3.8) is 0 Å². The first-order valence-corrected chi connectivity index (χ1v) is 8.70. The number of hydrogen-bond donors (Lipinski definition) is 1. The second-order valence-corrected chi connectivity index (χ2v) is 7.70. The molecule has 0 spiro atoms. The lowest BCUT2D eigenvalue weighted by molar-refractivity contribution is 0.0226. The van der Waals surface area contributed by atoms with Gasteiger partial charge in [-0.1, -0.05) is 6.07 Å². The van der Waals surface area contributed by atoms with Crippen LogP contribution in [0.5, 0.6) is 0 Å². The molecule has 0 saturated carbocycles. The van der Waals surface area contributed by atoms with E-state index in [1.54, 1.807) is 11.0 Å². The van der Waals surface area contributed by atoms with E-state index in [0.29, 0.717) is 17.6 Å². The van der Waals surface area contributed by atoms with Gasteiger partial charge in [-0.05, 0) is 67.2 Å². The molecule has 1 atom stereocenters. The van der Waals surface area contributed by atoms with Crippen molar-refractivity contribution in [3.8, 4) is 0 Å². The molecule has 1 saturated heterocycles. The van der Waals surface area contributed by atoms with E-state index in [9.17, 15) is 9.18 Å². The molecule has 1 N–H and O–H groups in total. The van der Waals surface area contributed by atoms with E-state index < -0.39 is 5.60 Å². The number of hydrogen-bond acceptors (Lipinski definition) is 3. The average molecular weight is 387 g/mol. The Hall–Kier alpha value is -1.14. The van der Waals surface area contributed by atoms with Crippen LogP contribution < -0.4 is 5.32 Å². The molecule has 2 rings (SSSR count). The number of benzene rings is 1. The van der Waals surface area contributed by atoms with Crippen LogP contribution in [0.2, 0.25) is 0 Å². The van der Waals surface area contributed by atoms with Crippen LogP contribution in [-0.4, -0.2) is 35.7 Å². The van der Waals surface area contributed by atoms with Gasteiger partial charge in [0.1, 0.15) is 11.4 Å². The van der Waals surface area contributed by atoms with Gasteiger partial charge in [0.05, 0.1) is 4.47 Å². The third kappa shape index (κ3) is 5.46. The number of rotatable bonds is 4. The largest absolute Gasteiger partial charge is 0.444 e. The summed E-state index contributed by atoms with van der Waals surface area (Å²) in [5.74, 6) is -0.263. The second-order valence-electron chi connectivity index (χ2n) is 6.85. The highest BCUT2D eigenvalue weighted by atomic mass is 79.9. The Morgan fingerprint density at radius 1 is 1.48 bits per heavy atom. The average Bonchev–Trinajstić information content (AvgIpc) is 2.89. The molecule has 4 nitrogen and oxygen atoms in total. The van der Waals surface area contributed by atoms with Crippen molar-refractivity contribution in [1.29, 1.82) is 0 Å². The number of nitrogens with one attached hydrogen (secondary N) is 1. The van der Waals surface area contributed by atoms with Gasteiger partial charge in [-0.15, -0.1) is 0 Å². The van der Waals surface area contributed by atoms with Gasteiger partial charge in [-0.2, -0.15) is 0 Å². The maximum atomic E-state index is 13.5. The standard InChI is InChI=1S/C17H24BrFN2O2/c1-17(2,3)23-16(22)21-8-4-5-13(21)11-20-10-12-6-7-14(18)15(19)9-12/h6-7,9,13,20H,4-5,8,10-11H2,1-3H3. The van der Waals surface area contributed by atoms with Crippen LogP contribution in [0.4, 0.5) is 9.18 Å². The molecule has 6 heteroatoms. The zero-order chi connectivity index (χ0) is 17.0. The SMILES string of the molecule is CC(C)(C)OC(=O)N1CCCC1CNCc1ccc(Br)c(F)c1. The predicted octanol–water partition coefficient (Wildman–Crippen LogP) is 4.08. The molecule has 0 bridgehead atoms. The highest BCUT2D eigenvalue weighted by Gasteiger charge is 2.31. The number of carbonyl (C=O) groups is 1. The molecule has 1 aromatic rings. The number of carbonyl (C=O) groups excluding carboxylic acids is 1. The summed E-state index contributed by atoms with van der Waals surface area (Å²) < 4.78 is 19.4.